The highest BCUT2D eigenvalue weighted by Crippen LogP contribution is 2.26. The van der Waals surface area contributed by atoms with E-state index in [-0.39, 0.29) is 17.6 Å². The largest absolute Gasteiger partial charge is 0.508 e. The van der Waals surface area contributed by atoms with E-state index in [2.05, 4.69) is 36.3 Å². The number of hydrogen-bond acceptors (Lipinski definition) is 6. The van der Waals surface area contributed by atoms with Gasteiger partial charge < -0.3 is 16.2 Å². The molecule has 154 valence electrons. The number of nitrogens with one attached hydrogen (secondary N) is 1. The van der Waals surface area contributed by atoms with Crippen LogP contribution in [-0.2, 0) is 4.79 Å². The number of hydrogen-bond donors (Lipinski definition) is 3. The fraction of sp³-hybridized carbons (Fsp3) is 0.238. The molecule has 0 atom stereocenters. The monoisotopic (exact) mass is 468 g/mol. The van der Waals surface area contributed by atoms with E-state index in [4.69, 9.17) is 5.73 Å². The normalized spacial score (nSPS) is 14.1. The van der Waals surface area contributed by atoms with Crippen LogP contribution in [-0.4, -0.2) is 37.1 Å². The van der Waals surface area contributed by atoms with E-state index in [1.54, 1.807) is 24.3 Å². The van der Waals surface area contributed by atoms with Crippen molar-refractivity contribution in [3.63, 3.8) is 0 Å². The Morgan fingerprint density at radius 2 is 1.87 bits per heavy atom. The van der Waals surface area contributed by atoms with Crippen LogP contribution in [0.2, 0.25) is 0 Å². The predicted molar refractivity (Wildman–Crippen MR) is 119 cm³/mol. The first-order valence-corrected chi connectivity index (χ1v) is 10.5. The van der Waals surface area contributed by atoms with Crippen molar-refractivity contribution in [3.05, 3.63) is 46.9 Å². The lowest BCUT2D eigenvalue weighted by Crippen LogP contribution is -2.21. The number of anilines is 1. The number of nitrogens with two attached hydrogens (primary N) is 1. The maximum Gasteiger partial charge on any atom is 0.223 e. The van der Waals surface area contributed by atoms with Gasteiger partial charge in [-0.25, -0.2) is 9.97 Å². The lowest BCUT2D eigenvalue weighted by atomic mass is 10.2. The molecule has 2 aromatic carbocycles. The Kier molecular flexibility index (Phi) is 5.80. The van der Waals surface area contributed by atoms with Gasteiger partial charge in [-0.05, 0) is 55.3 Å². The van der Waals surface area contributed by atoms with Crippen LogP contribution in [0, 0.1) is 0 Å². The molecule has 4 aromatic rings. The Bertz CT molecular complexity index is 1200. The predicted octanol–water partition coefficient (Wildman–Crippen LogP) is 3.67. The molecule has 0 bridgehead atoms. The van der Waals surface area contributed by atoms with Gasteiger partial charge in [0.25, 0.3) is 0 Å². The molecule has 1 saturated heterocycles. The average molecular weight is 469 g/mol. The Morgan fingerprint density at radius 3 is 2.67 bits per heavy atom. The fourth-order valence-corrected chi connectivity index (χ4v) is 3.59. The highest BCUT2D eigenvalue weighted by Gasteiger charge is 2.13. The number of aromatic hydroxyl groups is 1. The Balaban J connectivity index is 0.000000230. The molecule has 4 N–H and O–H groups in total. The van der Waals surface area contributed by atoms with E-state index < -0.39 is 0 Å². The molecule has 1 aliphatic heterocycles. The van der Waals surface area contributed by atoms with Gasteiger partial charge in [-0.2, -0.15) is 4.52 Å². The van der Waals surface area contributed by atoms with E-state index in [9.17, 15) is 9.90 Å². The highest BCUT2D eigenvalue weighted by atomic mass is 79.9. The molecule has 8 nitrogen and oxygen atoms in total. The molecule has 0 saturated carbocycles. The van der Waals surface area contributed by atoms with Gasteiger partial charge in [0.1, 0.15) is 5.75 Å². The first kappa shape index (κ1) is 20.1. The molecule has 0 aliphatic carbocycles. The van der Waals surface area contributed by atoms with Gasteiger partial charge in [-0.3, -0.25) is 4.79 Å². The van der Waals surface area contributed by atoms with Crippen LogP contribution < -0.4 is 11.1 Å². The van der Waals surface area contributed by atoms with E-state index in [0.29, 0.717) is 11.5 Å². The SMILES string of the molecule is Nc1nc2cc(Br)ccc2c2nc(-c3ccc(O)cc3)nn12.O=C1CCCCCN1. The molecule has 30 heavy (non-hydrogen) atoms. The van der Waals surface area contributed by atoms with E-state index in [1.165, 1.54) is 10.9 Å². The number of fused-ring (bicyclic) bond motifs is 3. The zero-order valence-electron chi connectivity index (χ0n) is 16.2. The van der Waals surface area contributed by atoms with Crippen molar-refractivity contribution in [3.8, 4) is 17.1 Å². The second-order valence-corrected chi connectivity index (χ2v) is 7.93. The molecule has 2 aromatic heterocycles. The maximum atomic E-state index is 10.6. The summed E-state index contributed by atoms with van der Waals surface area (Å²) in [5, 5.41) is 17.5. The first-order chi connectivity index (χ1) is 14.5. The quantitative estimate of drug-likeness (QED) is 0.392. The van der Waals surface area contributed by atoms with Gasteiger partial charge in [0.2, 0.25) is 11.9 Å². The van der Waals surface area contributed by atoms with Crippen molar-refractivity contribution in [2.45, 2.75) is 25.7 Å². The summed E-state index contributed by atoms with van der Waals surface area (Å²) in [7, 11) is 0. The second-order valence-electron chi connectivity index (χ2n) is 7.01. The lowest BCUT2D eigenvalue weighted by Gasteiger charge is -2.02. The number of carbonyl (C=O) groups excluding carboxylic acids is 1. The summed E-state index contributed by atoms with van der Waals surface area (Å²) in [6, 6.07) is 12.4. The highest BCUT2D eigenvalue weighted by molar-refractivity contribution is 9.10. The zero-order chi connectivity index (χ0) is 21.1. The maximum absolute atomic E-state index is 10.6. The molecule has 9 heteroatoms. The van der Waals surface area contributed by atoms with Crippen molar-refractivity contribution in [2.24, 2.45) is 0 Å². The smallest absolute Gasteiger partial charge is 0.223 e. The third kappa shape index (κ3) is 4.35. The fourth-order valence-electron chi connectivity index (χ4n) is 3.24. The van der Waals surface area contributed by atoms with Gasteiger partial charge in [0.15, 0.2) is 11.5 Å². The number of nitrogens with zero attached hydrogens (tertiary/aromatic N) is 4. The Hall–Kier alpha value is -3.20. The molecular weight excluding hydrogens is 448 g/mol. The third-order valence-corrected chi connectivity index (χ3v) is 5.28. The molecule has 1 amide bonds. The van der Waals surface area contributed by atoms with Crippen LogP contribution in [0.5, 0.6) is 5.75 Å². The minimum absolute atomic E-state index is 0.198. The zero-order valence-corrected chi connectivity index (χ0v) is 17.8. The molecule has 1 aliphatic rings. The molecule has 0 unspecified atom stereocenters. The standard InChI is InChI=1S/C15H10BrN5O.C6H11NO/c16-9-3-6-11-12(7-9)18-15(17)21-14(11)19-13(20-21)8-1-4-10(22)5-2-8;8-6-4-2-1-3-5-7-6/h1-7,22H,(H2,17,18);1-5H2,(H,7,8). The van der Waals surface area contributed by atoms with Gasteiger partial charge in [0, 0.05) is 28.4 Å². The summed E-state index contributed by atoms with van der Waals surface area (Å²) in [6.07, 6.45) is 4.18. The van der Waals surface area contributed by atoms with Crippen LogP contribution >= 0.6 is 15.9 Å². The number of phenols is 1. The van der Waals surface area contributed by atoms with Gasteiger partial charge in [-0.15, -0.1) is 5.10 Å². The summed E-state index contributed by atoms with van der Waals surface area (Å²) in [6.45, 7) is 0.888. The van der Waals surface area contributed by atoms with Crippen molar-refractivity contribution in [1.29, 1.82) is 0 Å². The van der Waals surface area contributed by atoms with Gasteiger partial charge in [-0.1, -0.05) is 22.4 Å². The average Bonchev–Trinajstić information content (AvgIpc) is 3.04. The number of benzene rings is 2. The van der Waals surface area contributed by atoms with Crippen molar-refractivity contribution < 1.29 is 9.90 Å². The minimum Gasteiger partial charge on any atom is -0.508 e. The lowest BCUT2D eigenvalue weighted by molar-refractivity contribution is -0.120. The summed E-state index contributed by atoms with van der Waals surface area (Å²) < 4.78 is 2.45. The molecule has 0 spiro atoms. The number of nitrogen functional groups attached to an aromatic ring is 1. The van der Waals surface area contributed by atoms with Crippen LogP contribution in [0.1, 0.15) is 25.7 Å². The van der Waals surface area contributed by atoms with Crippen LogP contribution in [0.25, 0.3) is 27.9 Å². The number of phenolic OH excluding ortho intramolecular Hbond substituents is 1. The van der Waals surface area contributed by atoms with Gasteiger partial charge >= 0.3 is 0 Å². The number of aromatic nitrogens is 4. The number of halogens is 1. The van der Waals surface area contributed by atoms with Crippen LogP contribution in [0.15, 0.2) is 46.9 Å². The summed E-state index contributed by atoms with van der Waals surface area (Å²) >= 11 is 3.42. The topological polar surface area (TPSA) is 118 Å². The van der Waals surface area contributed by atoms with Crippen LogP contribution in [0.3, 0.4) is 0 Å². The van der Waals surface area contributed by atoms with Crippen LogP contribution in [0.4, 0.5) is 5.95 Å². The number of carbonyl (C=O) groups is 1. The molecule has 3 heterocycles. The van der Waals surface area contributed by atoms with E-state index >= 15 is 0 Å². The van der Waals surface area contributed by atoms with Crippen molar-refractivity contribution in [2.75, 3.05) is 12.3 Å². The first-order valence-electron chi connectivity index (χ1n) is 9.69. The van der Waals surface area contributed by atoms with Gasteiger partial charge in [0.05, 0.1) is 5.52 Å². The van der Waals surface area contributed by atoms with E-state index in [1.807, 2.05) is 18.2 Å². The van der Waals surface area contributed by atoms with Crippen molar-refractivity contribution >= 4 is 44.3 Å². The molecular formula is C21H21BrN6O2. The molecule has 5 rings (SSSR count). The molecule has 1 fully saturated rings. The number of rotatable bonds is 1. The third-order valence-electron chi connectivity index (χ3n) is 4.79. The molecule has 0 radical (unpaired) electrons. The summed E-state index contributed by atoms with van der Waals surface area (Å²) in [5.74, 6) is 1.23. The summed E-state index contributed by atoms with van der Waals surface area (Å²) in [4.78, 5) is 19.5. The van der Waals surface area contributed by atoms with E-state index in [0.717, 1.165) is 46.7 Å². The number of amides is 1. The Morgan fingerprint density at radius 1 is 1.07 bits per heavy atom. The van der Waals surface area contributed by atoms with Crippen molar-refractivity contribution in [1.82, 2.24) is 24.9 Å². The Labute approximate surface area is 181 Å². The minimum atomic E-state index is 0.198. The second kappa shape index (κ2) is 8.66. The summed E-state index contributed by atoms with van der Waals surface area (Å²) in [5.41, 5.74) is 8.18.